The van der Waals surface area contributed by atoms with Gasteiger partial charge in [0.15, 0.2) is 0 Å². The zero-order chi connectivity index (χ0) is 45.8. The van der Waals surface area contributed by atoms with Gasteiger partial charge in [-0.05, 0) is 190 Å². The first-order valence-corrected chi connectivity index (χ1v) is 24.4. The van der Waals surface area contributed by atoms with Gasteiger partial charge in [-0.2, -0.15) is 0 Å². The highest BCUT2D eigenvalue weighted by atomic mass is 16.3. The van der Waals surface area contributed by atoms with Crippen molar-refractivity contribution in [2.45, 2.75) is 119 Å². The van der Waals surface area contributed by atoms with Gasteiger partial charge >= 0.3 is 6.85 Å². The fourth-order valence-electron chi connectivity index (χ4n) is 13.0. The molecule has 0 atom stereocenters. The summed E-state index contributed by atoms with van der Waals surface area (Å²) in [5.41, 5.74) is 25.3. The number of allylic oxidation sites excluding steroid dienone is 4. The maximum absolute atomic E-state index is 6.82. The molecule has 0 radical (unpaired) electrons. The first-order valence-electron chi connectivity index (χ1n) is 24.4. The molecule has 1 aromatic heterocycles. The van der Waals surface area contributed by atoms with Crippen LogP contribution in [0.15, 0.2) is 130 Å². The second-order valence-corrected chi connectivity index (χ2v) is 23.0. The zero-order valence-corrected chi connectivity index (χ0v) is 40.8. The Morgan fingerprint density at radius 3 is 2.03 bits per heavy atom. The molecule has 0 unspecified atom stereocenters. The van der Waals surface area contributed by atoms with Gasteiger partial charge in [0, 0.05) is 34.4 Å². The third-order valence-electron chi connectivity index (χ3n) is 16.8. The molecular weight excluding hydrogens is 800 g/mol. The summed E-state index contributed by atoms with van der Waals surface area (Å²) in [6, 6.07) is 39.4. The lowest BCUT2D eigenvalue weighted by molar-refractivity contribution is 0.264. The van der Waals surface area contributed by atoms with E-state index in [2.05, 4.69) is 207 Å². The summed E-state index contributed by atoms with van der Waals surface area (Å²) in [7, 11) is 0. The molecule has 7 aromatic rings. The smallest absolute Gasteiger partial charge is 0.333 e. The fraction of sp³-hybridized carbons (Fsp3) is 0.323. The summed E-state index contributed by atoms with van der Waals surface area (Å²) in [6.45, 7) is 26.3. The molecule has 2 aliphatic heterocycles. The van der Waals surface area contributed by atoms with Crippen molar-refractivity contribution < 1.29 is 4.42 Å². The van der Waals surface area contributed by atoms with E-state index < -0.39 is 0 Å². The van der Waals surface area contributed by atoms with Crippen LogP contribution in [-0.2, 0) is 10.8 Å². The molecule has 66 heavy (non-hydrogen) atoms. The topological polar surface area (TPSA) is 19.6 Å². The largest absolute Gasteiger partial charge is 0.456 e. The van der Waals surface area contributed by atoms with E-state index in [0.717, 1.165) is 65.4 Å². The SMILES string of the molecule is Cc1cc(C)c(-c2cc3c4c(c2)N(C2=CC5=C(CC#C2)C(C)(C)CCC5(C)C)c2c(ccc5oc6ccccc6c25)B4N(c2ccccc2)c2cc4c(cc2-3)C(C)(C)CCC4(C)C)c(C)c1. The van der Waals surface area contributed by atoms with E-state index in [4.69, 9.17) is 4.42 Å². The Morgan fingerprint density at radius 1 is 0.621 bits per heavy atom. The van der Waals surface area contributed by atoms with E-state index >= 15 is 0 Å². The van der Waals surface area contributed by atoms with Crippen LogP contribution in [0, 0.1) is 43.4 Å². The predicted octanol–water partition coefficient (Wildman–Crippen LogP) is 15.3. The average molecular weight is 861 g/mol. The monoisotopic (exact) mass is 860 g/mol. The molecule has 0 N–H and O–H groups in total. The predicted molar refractivity (Wildman–Crippen MR) is 281 cm³/mol. The van der Waals surface area contributed by atoms with E-state index in [-0.39, 0.29) is 28.5 Å². The minimum Gasteiger partial charge on any atom is -0.456 e. The van der Waals surface area contributed by atoms with Crippen LogP contribution in [0.2, 0.25) is 0 Å². The molecule has 3 heterocycles. The van der Waals surface area contributed by atoms with Crippen molar-refractivity contribution in [3.8, 4) is 34.1 Å². The van der Waals surface area contributed by atoms with E-state index in [0.29, 0.717) is 0 Å². The van der Waals surface area contributed by atoms with Crippen LogP contribution in [-0.4, -0.2) is 6.85 Å². The number of aryl methyl sites for hydroxylation is 3. The van der Waals surface area contributed by atoms with E-state index in [1.807, 2.05) is 0 Å². The number of hydrogen-bond donors (Lipinski definition) is 0. The average Bonchev–Trinajstić information content (AvgIpc) is 3.50. The molecule has 4 heteroatoms. The fourth-order valence-corrected chi connectivity index (χ4v) is 13.0. The van der Waals surface area contributed by atoms with Crippen LogP contribution < -0.4 is 20.6 Å². The third kappa shape index (κ3) is 5.90. The Balaban J connectivity index is 1.28. The summed E-state index contributed by atoms with van der Waals surface area (Å²) in [6.07, 6.45) is 7.90. The van der Waals surface area contributed by atoms with Gasteiger partial charge in [0.1, 0.15) is 11.2 Å². The van der Waals surface area contributed by atoms with Crippen molar-refractivity contribution in [3.63, 3.8) is 0 Å². The van der Waals surface area contributed by atoms with E-state index in [1.165, 1.54) is 89.2 Å². The van der Waals surface area contributed by atoms with Crippen molar-refractivity contribution in [2.24, 2.45) is 10.8 Å². The number of fused-ring (bicyclic) bond motifs is 9. The first-order chi connectivity index (χ1) is 31.4. The molecule has 0 saturated carbocycles. The lowest BCUT2D eigenvalue weighted by atomic mass is 9.43. The lowest BCUT2D eigenvalue weighted by Gasteiger charge is -2.48. The van der Waals surface area contributed by atoms with Gasteiger partial charge in [-0.15, -0.1) is 0 Å². The summed E-state index contributed by atoms with van der Waals surface area (Å²) in [4.78, 5) is 5.28. The van der Waals surface area contributed by atoms with Crippen molar-refractivity contribution in [1.82, 2.24) is 0 Å². The number of para-hydroxylation sites is 2. The summed E-state index contributed by atoms with van der Waals surface area (Å²) < 4.78 is 6.82. The summed E-state index contributed by atoms with van der Waals surface area (Å²) >= 11 is 0. The Hall–Kier alpha value is -6.18. The minimum absolute atomic E-state index is 0.000575. The van der Waals surface area contributed by atoms with Crippen LogP contribution in [0.5, 0.6) is 0 Å². The molecule has 0 fully saturated rings. The normalized spacial score (nSPS) is 19.3. The van der Waals surface area contributed by atoms with Crippen molar-refractivity contribution in [1.29, 1.82) is 0 Å². The Kier molecular flexibility index (Phi) is 8.71. The lowest BCUT2D eigenvalue weighted by Crippen LogP contribution is -2.62. The highest BCUT2D eigenvalue weighted by Gasteiger charge is 2.49. The number of benzene rings is 6. The van der Waals surface area contributed by atoms with Gasteiger partial charge in [-0.3, -0.25) is 0 Å². The van der Waals surface area contributed by atoms with Gasteiger partial charge in [0.2, 0.25) is 0 Å². The van der Waals surface area contributed by atoms with Crippen molar-refractivity contribution in [3.05, 3.63) is 154 Å². The number of hydrogen-bond acceptors (Lipinski definition) is 3. The highest BCUT2D eigenvalue weighted by Crippen LogP contribution is 2.56. The molecule has 3 nitrogen and oxygen atoms in total. The van der Waals surface area contributed by atoms with Crippen molar-refractivity contribution in [2.75, 3.05) is 9.71 Å². The van der Waals surface area contributed by atoms with Crippen LogP contribution in [0.1, 0.15) is 115 Å². The second-order valence-electron chi connectivity index (χ2n) is 23.0. The molecule has 0 saturated heterocycles. The van der Waals surface area contributed by atoms with Crippen molar-refractivity contribution >= 4 is 62.5 Å². The van der Waals surface area contributed by atoms with Gasteiger partial charge in [0.05, 0.1) is 16.8 Å². The van der Waals surface area contributed by atoms with Crippen LogP contribution in [0.3, 0.4) is 0 Å². The molecular formula is C62H61BN2O. The van der Waals surface area contributed by atoms with E-state index in [1.54, 1.807) is 0 Å². The van der Waals surface area contributed by atoms with Gasteiger partial charge < -0.3 is 14.1 Å². The summed E-state index contributed by atoms with van der Waals surface area (Å²) in [5.74, 6) is 7.71. The number of nitrogens with zero attached hydrogens (tertiary/aromatic N) is 2. The molecule has 3 aliphatic carbocycles. The molecule has 12 rings (SSSR count). The van der Waals surface area contributed by atoms with Crippen LogP contribution in [0.4, 0.5) is 22.7 Å². The van der Waals surface area contributed by atoms with Crippen LogP contribution >= 0.6 is 0 Å². The number of anilines is 4. The highest BCUT2D eigenvalue weighted by molar-refractivity contribution is 6.94. The molecule has 328 valence electrons. The van der Waals surface area contributed by atoms with Crippen LogP contribution in [0.25, 0.3) is 44.2 Å². The Labute approximate surface area is 392 Å². The first kappa shape index (κ1) is 41.3. The number of furan rings is 1. The zero-order valence-electron chi connectivity index (χ0n) is 40.8. The maximum Gasteiger partial charge on any atom is 0.333 e. The minimum atomic E-state index is -0.139. The van der Waals surface area contributed by atoms with Gasteiger partial charge in [-0.25, -0.2) is 0 Å². The maximum atomic E-state index is 6.82. The molecule has 0 amide bonds. The molecule has 6 aromatic carbocycles. The Bertz CT molecular complexity index is 3370. The molecule has 0 spiro atoms. The second kappa shape index (κ2) is 13.9. The Morgan fingerprint density at radius 2 is 1.29 bits per heavy atom. The standard InChI is InChI=1S/C62H61BN2O/c1-37-30-38(2)55(39(3)31-37)40-32-45-44-35-48-49(62(10,11)29-28-61(48,8)9)36-51(44)65(41-18-13-12-14-19-41)63-50-24-25-54-56(43-21-15-16-23-53(43)66-54)58(50)64(52(33-40)57(45)63)42-20-17-22-46-47(34-42)60(6,7)27-26-59(46,4)5/h12-16,18-19,21,23-25,30-36H,22,26-29H2,1-11H3. The third-order valence-corrected chi connectivity index (χ3v) is 16.8. The van der Waals surface area contributed by atoms with E-state index in [9.17, 15) is 0 Å². The molecule has 0 bridgehead atoms. The quantitative estimate of drug-likeness (QED) is 0.130. The molecule has 5 aliphatic rings. The summed E-state index contributed by atoms with van der Waals surface area (Å²) in [5, 5.41) is 2.26. The van der Waals surface area contributed by atoms with Gasteiger partial charge in [0.25, 0.3) is 0 Å². The van der Waals surface area contributed by atoms with Gasteiger partial charge in [-0.1, -0.05) is 121 Å². The number of rotatable bonds is 3.